The van der Waals surface area contributed by atoms with Crippen molar-refractivity contribution in [2.75, 3.05) is 20.1 Å². The first kappa shape index (κ1) is 19.0. The van der Waals surface area contributed by atoms with E-state index in [0.29, 0.717) is 6.54 Å². The highest BCUT2D eigenvalue weighted by molar-refractivity contribution is 7.89. The Morgan fingerprint density at radius 1 is 1.26 bits per heavy atom. The van der Waals surface area contributed by atoms with Crippen LogP contribution in [0.15, 0.2) is 29.2 Å². The van der Waals surface area contributed by atoms with Crippen LogP contribution in [0.5, 0.6) is 0 Å². The Bertz CT molecular complexity index is 661. The van der Waals surface area contributed by atoms with Gasteiger partial charge < -0.3 is 10.6 Å². The van der Waals surface area contributed by atoms with E-state index in [1.165, 1.54) is 14.0 Å². The zero-order valence-corrected chi connectivity index (χ0v) is 14.0. The molecular formula is C14H20FN3O4S. The summed E-state index contributed by atoms with van der Waals surface area (Å²) in [6.07, 6.45) is 0. The van der Waals surface area contributed by atoms with Crippen LogP contribution in [-0.2, 0) is 19.6 Å². The molecule has 0 radical (unpaired) electrons. The molecule has 23 heavy (non-hydrogen) atoms. The molecule has 0 unspecified atom stereocenters. The lowest BCUT2D eigenvalue weighted by Crippen LogP contribution is -2.48. The van der Waals surface area contributed by atoms with Crippen molar-refractivity contribution >= 4 is 21.8 Å². The molecule has 0 aliphatic heterocycles. The Labute approximate surface area is 134 Å². The number of benzene rings is 1. The van der Waals surface area contributed by atoms with Gasteiger partial charge in [0, 0.05) is 13.6 Å². The normalized spacial score (nSPS) is 12.7. The van der Waals surface area contributed by atoms with E-state index < -0.39 is 34.3 Å². The minimum Gasteiger partial charge on any atom is -0.355 e. The van der Waals surface area contributed by atoms with E-state index >= 15 is 0 Å². The molecule has 9 heteroatoms. The second-order valence-corrected chi connectivity index (χ2v) is 6.94. The van der Waals surface area contributed by atoms with E-state index in [4.69, 9.17) is 0 Å². The second-order valence-electron chi connectivity index (χ2n) is 4.90. The number of hydrogen-bond donors (Lipinski definition) is 2. The first-order valence-corrected chi connectivity index (χ1v) is 8.41. The van der Waals surface area contributed by atoms with Crippen LogP contribution < -0.4 is 10.6 Å². The van der Waals surface area contributed by atoms with Gasteiger partial charge in [0.25, 0.3) is 0 Å². The van der Waals surface area contributed by atoms with Gasteiger partial charge >= 0.3 is 0 Å². The maximum Gasteiger partial charge on any atom is 0.243 e. The van der Waals surface area contributed by atoms with E-state index in [1.807, 2.05) is 0 Å². The van der Waals surface area contributed by atoms with Crippen LogP contribution in [0, 0.1) is 5.82 Å². The largest absolute Gasteiger partial charge is 0.355 e. The fourth-order valence-corrected chi connectivity index (χ4v) is 2.88. The van der Waals surface area contributed by atoms with Crippen molar-refractivity contribution < 1.29 is 22.4 Å². The highest BCUT2D eigenvalue weighted by Gasteiger charge is 2.24. The number of nitrogens with zero attached hydrogens (tertiary/aromatic N) is 1. The van der Waals surface area contributed by atoms with Crippen molar-refractivity contribution in [2.45, 2.75) is 24.8 Å². The van der Waals surface area contributed by atoms with Crippen LogP contribution >= 0.6 is 0 Å². The monoisotopic (exact) mass is 345 g/mol. The van der Waals surface area contributed by atoms with Crippen LogP contribution in [0.2, 0.25) is 0 Å². The fraction of sp³-hybridized carbons (Fsp3) is 0.429. The van der Waals surface area contributed by atoms with Gasteiger partial charge in [0.05, 0.1) is 11.4 Å². The number of rotatable bonds is 7. The topological polar surface area (TPSA) is 95.6 Å². The van der Waals surface area contributed by atoms with Crippen molar-refractivity contribution in [3.63, 3.8) is 0 Å². The average molecular weight is 345 g/mol. The molecule has 1 rings (SSSR count). The molecule has 0 aromatic heterocycles. The Balaban J connectivity index is 2.70. The van der Waals surface area contributed by atoms with Crippen LogP contribution in [0.1, 0.15) is 13.8 Å². The summed E-state index contributed by atoms with van der Waals surface area (Å²) in [4.78, 5) is 23.2. The Morgan fingerprint density at radius 3 is 2.35 bits per heavy atom. The molecule has 0 saturated heterocycles. The van der Waals surface area contributed by atoms with Gasteiger partial charge in [0.1, 0.15) is 11.9 Å². The minimum absolute atomic E-state index is 0.119. The molecule has 0 heterocycles. The summed E-state index contributed by atoms with van der Waals surface area (Å²) in [5, 5.41) is 4.96. The molecule has 0 fully saturated rings. The molecule has 1 aromatic rings. The molecule has 1 aromatic carbocycles. The summed E-state index contributed by atoms with van der Waals surface area (Å²) >= 11 is 0. The summed E-state index contributed by atoms with van der Waals surface area (Å²) in [5.74, 6) is -1.53. The number of carbonyl (C=O) groups excluding carboxylic acids is 2. The Kier molecular flexibility index (Phi) is 6.64. The number of sulfonamides is 1. The van der Waals surface area contributed by atoms with Gasteiger partial charge in [-0.2, -0.15) is 4.31 Å². The van der Waals surface area contributed by atoms with Crippen molar-refractivity contribution in [2.24, 2.45) is 0 Å². The number of carbonyl (C=O) groups is 2. The molecular weight excluding hydrogens is 325 g/mol. The SMILES string of the molecule is CCNC(=O)[C@H](C)NC(=O)CN(C)S(=O)(=O)c1ccc(F)cc1. The number of nitrogens with one attached hydrogen (secondary N) is 2. The first-order chi connectivity index (χ1) is 10.7. The lowest BCUT2D eigenvalue weighted by Gasteiger charge is -2.19. The quantitative estimate of drug-likeness (QED) is 0.732. The predicted molar refractivity (Wildman–Crippen MR) is 82.5 cm³/mol. The highest BCUT2D eigenvalue weighted by atomic mass is 32.2. The Hall–Kier alpha value is -2.00. The van der Waals surface area contributed by atoms with E-state index in [0.717, 1.165) is 28.6 Å². The van der Waals surface area contributed by atoms with Gasteiger partial charge in [-0.05, 0) is 38.1 Å². The third-order valence-electron chi connectivity index (χ3n) is 3.01. The lowest BCUT2D eigenvalue weighted by molar-refractivity contribution is -0.128. The smallest absolute Gasteiger partial charge is 0.243 e. The number of likely N-dealkylation sites (N-methyl/N-ethyl adjacent to an activating group) is 2. The first-order valence-electron chi connectivity index (χ1n) is 6.97. The van der Waals surface area contributed by atoms with Gasteiger partial charge in [-0.15, -0.1) is 0 Å². The summed E-state index contributed by atoms with van der Waals surface area (Å²) in [5.41, 5.74) is 0. The van der Waals surface area contributed by atoms with Crippen LogP contribution in [0.4, 0.5) is 4.39 Å². The van der Waals surface area contributed by atoms with E-state index in [1.54, 1.807) is 6.92 Å². The second kappa shape index (κ2) is 8.02. The molecule has 0 spiro atoms. The average Bonchev–Trinajstić information content (AvgIpc) is 2.47. The molecule has 0 bridgehead atoms. The summed E-state index contributed by atoms with van der Waals surface area (Å²) in [6.45, 7) is 3.22. The fourth-order valence-electron chi connectivity index (χ4n) is 1.75. The van der Waals surface area contributed by atoms with Crippen molar-refractivity contribution in [3.8, 4) is 0 Å². The minimum atomic E-state index is -3.91. The molecule has 0 aliphatic rings. The molecule has 128 valence electrons. The summed E-state index contributed by atoms with van der Waals surface area (Å²) in [7, 11) is -2.68. The van der Waals surface area contributed by atoms with Gasteiger partial charge in [-0.3, -0.25) is 9.59 Å². The zero-order chi connectivity index (χ0) is 17.6. The van der Waals surface area contributed by atoms with Gasteiger partial charge in [-0.1, -0.05) is 0 Å². The van der Waals surface area contributed by atoms with Gasteiger partial charge in [0.15, 0.2) is 0 Å². The van der Waals surface area contributed by atoms with Crippen molar-refractivity contribution in [1.29, 1.82) is 0 Å². The van der Waals surface area contributed by atoms with Gasteiger partial charge in [-0.25, -0.2) is 12.8 Å². The van der Waals surface area contributed by atoms with Gasteiger partial charge in [0.2, 0.25) is 21.8 Å². The van der Waals surface area contributed by atoms with Crippen molar-refractivity contribution in [3.05, 3.63) is 30.1 Å². The summed E-state index contributed by atoms with van der Waals surface area (Å²) < 4.78 is 38.2. The molecule has 1 atom stereocenters. The van der Waals surface area contributed by atoms with E-state index in [9.17, 15) is 22.4 Å². The Morgan fingerprint density at radius 2 is 1.83 bits per heavy atom. The highest BCUT2D eigenvalue weighted by Crippen LogP contribution is 2.14. The molecule has 2 N–H and O–H groups in total. The van der Waals surface area contributed by atoms with E-state index in [2.05, 4.69) is 10.6 Å². The van der Waals surface area contributed by atoms with Crippen molar-refractivity contribution in [1.82, 2.24) is 14.9 Å². The molecule has 7 nitrogen and oxygen atoms in total. The van der Waals surface area contributed by atoms with Crippen LogP contribution in [0.3, 0.4) is 0 Å². The number of amides is 2. The van der Waals surface area contributed by atoms with Crippen LogP contribution in [0.25, 0.3) is 0 Å². The predicted octanol–water partition coefficient (Wildman–Crippen LogP) is 0.0870. The molecule has 0 aliphatic carbocycles. The molecule has 2 amide bonds. The third kappa shape index (κ3) is 5.29. The third-order valence-corrected chi connectivity index (χ3v) is 4.83. The van der Waals surface area contributed by atoms with E-state index in [-0.39, 0.29) is 10.8 Å². The molecule has 0 saturated carbocycles. The maximum absolute atomic E-state index is 12.9. The van der Waals surface area contributed by atoms with Crippen LogP contribution in [-0.4, -0.2) is 50.7 Å². The standard InChI is InChI=1S/C14H20FN3O4S/c1-4-16-14(20)10(2)17-13(19)9-18(3)23(21,22)12-7-5-11(15)6-8-12/h5-8,10H,4,9H2,1-3H3,(H,16,20)(H,17,19)/t10-/m0/s1. The zero-order valence-electron chi connectivity index (χ0n) is 13.2. The lowest BCUT2D eigenvalue weighted by atomic mass is 10.3. The summed E-state index contributed by atoms with van der Waals surface area (Å²) in [6, 6.07) is 3.52. The number of hydrogen-bond acceptors (Lipinski definition) is 4. The number of halogens is 1. The maximum atomic E-state index is 12.9.